The molecule has 4 N–H and O–H groups in total. The summed E-state index contributed by atoms with van der Waals surface area (Å²) in [5.41, 5.74) is 5.76. The first-order chi connectivity index (χ1) is 7.22. The first-order valence-electron chi connectivity index (χ1n) is 5.89. The predicted molar refractivity (Wildman–Crippen MR) is 62.7 cm³/mol. The van der Waals surface area contributed by atoms with Gasteiger partial charge in [0.1, 0.15) is 0 Å². The molecule has 0 amide bonds. The molecule has 4 heteroatoms. The zero-order valence-corrected chi connectivity index (χ0v) is 9.58. The lowest BCUT2D eigenvalue weighted by molar-refractivity contribution is 0.241. The molecule has 4 nitrogen and oxygen atoms in total. The summed E-state index contributed by atoms with van der Waals surface area (Å²) in [5.74, 6) is 0.721. The molecule has 0 aromatic rings. The Hall–Kier alpha value is -0.770. The fourth-order valence-corrected chi connectivity index (χ4v) is 1.81. The van der Waals surface area contributed by atoms with Gasteiger partial charge in [-0.2, -0.15) is 0 Å². The number of guanidine groups is 1. The van der Waals surface area contributed by atoms with E-state index in [0.717, 1.165) is 0 Å². The third-order valence-electron chi connectivity index (χ3n) is 2.84. The lowest BCUT2D eigenvalue weighted by Gasteiger charge is -2.23. The Bertz CT molecular complexity index is 200. The van der Waals surface area contributed by atoms with Gasteiger partial charge in [0.05, 0.1) is 0 Å². The average Bonchev–Trinajstić information content (AvgIpc) is 2.27. The van der Waals surface area contributed by atoms with E-state index in [0.29, 0.717) is 18.5 Å². The number of rotatable bonds is 4. The van der Waals surface area contributed by atoms with E-state index in [-0.39, 0.29) is 12.5 Å². The second-order valence-corrected chi connectivity index (χ2v) is 4.49. The first-order valence-corrected chi connectivity index (χ1v) is 5.89. The predicted octanol–water partition coefficient (Wildman–Crippen LogP) is 0.852. The highest BCUT2D eigenvalue weighted by Gasteiger charge is 2.13. The van der Waals surface area contributed by atoms with Gasteiger partial charge in [-0.25, -0.2) is 0 Å². The van der Waals surface area contributed by atoms with Gasteiger partial charge in [0.2, 0.25) is 0 Å². The molecule has 1 rings (SSSR count). The molecule has 1 atom stereocenters. The summed E-state index contributed by atoms with van der Waals surface area (Å²) in [6.07, 6.45) is 6.32. The molecule has 1 aliphatic rings. The standard InChI is InChI=1S/C11H23N3O/c1-9(8-15)7-13-11(12)14-10-5-3-2-4-6-10/h9-10,15H,2-8H2,1H3,(H3,12,13,14). The number of hydrogen-bond acceptors (Lipinski definition) is 2. The zero-order chi connectivity index (χ0) is 11.1. The lowest BCUT2D eigenvalue weighted by atomic mass is 9.96. The maximum atomic E-state index is 8.84. The topological polar surface area (TPSA) is 70.6 Å². The van der Waals surface area contributed by atoms with Crippen LogP contribution in [0.4, 0.5) is 0 Å². The van der Waals surface area contributed by atoms with Crippen molar-refractivity contribution in [1.29, 1.82) is 0 Å². The Morgan fingerprint density at radius 2 is 2.13 bits per heavy atom. The second-order valence-electron chi connectivity index (χ2n) is 4.49. The van der Waals surface area contributed by atoms with Crippen molar-refractivity contribution in [3.8, 4) is 0 Å². The van der Waals surface area contributed by atoms with Crippen molar-refractivity contribution < 1.29 is 5.11 Å². The van der Waals surface area contributed by atoms with Crippen LogP contribution in [0.5, 0.6) is 0 Å². The summed E-state index contributed by atoms with van der Waals surface area (Å²) < 4.78 is 0. The van der Waals surface area contributed by atoms with Gasteiger partial charge in [-0.15, -0.1) is 0 Å². The van der Waals surface area contributed by atoms with Gasteiger partial charge in [-0.05, 0) is 18.8 Å². The minimum absolute atomic E-state index is 0.167. The third-order valence-corrected chi connectivity index (χ3v) is 2.84. The number of nitrogens with two attached hydrogens (primary N) is 1. The molecule has 1 aliphatic carbocycles. The molecular weight excluding hydrogens is 190 g/mol. The van der Waals surface area contributed by atoms with Crippen molar-refractivity contribution >= 4 is 5.96 Å². The summed E-state index contributed by atoms with van der Waals surface area (Å²) >= 11 is 0. The summed E-state index contributed by atoms with van der Waals surface area (Å²) in [4.78, 5) is 4.21. The summed E-state index contributed by atoms with van der Waals surface area (Å²) in [5, 5.41) is 12.1. The number of aliphatic imine (C=N–C) groups is 1. The van der Waals surface area contributed by atoms with E-state index >= 15 is 0 Å². The molecule has 0 aliphatic heterocycles. The number of aliphatic hydroxyl groups excluding tert-OH is 1. The number of hydrogen-bond donors (Lipinski definition) is 3. The number of aliphatic hydroxyl groups is 1. The summed E-state index contributed by atoms with van der Waals surface area (Å²) in [7, 11) is 0. The first kappa shape index (κ1) is 12.3. The molecule has 0 saturated heterocycles. The largest absolute Gasteiger partial charge is 0.396 e. The molecule has 1 unspecified atom stereocenters. The van der Waals surface area contributed by atoms with Gasteiger partial charge in [0, 0.05) is 19.2 Å². The Kier molecular flexibility index (Phi) is 5.47. The van der Waals surface area contributed by atoms with Crippen LogP contribution in [0, 0.1) is 5.92 Å². The van der Waals surface area contributed by atoms with Crippen LogP contribution < -0.4 is 11.1 Å². The molecule has 88 valence electrons. The van der Waals surface area contributed by atoms with Crippen molar-refractivity contribution in [2.75, 3.05) is 13.2 Å². The van der Waals surface area contributed by atoms with Crippen LogP contribution in [0.15, 0.2) is 4.99 Å². The SMILES string of the molecule is CC(CO)CN=C(N)NC1CCCCC1. The van der Waals surface area contributed by atoms with Crippen molar-refractivity contribution in [3.63, 3.8) is 0 Å². The van der Waals surface area contributed by atoms with E-state index < -0.39 is 0 Å². The highest BCUT2D eigenvalue weighted by atomic mass is 16.3. The molecule has 1 fully saturated rings. The van der Waals surface area contributed by atoms with Crippen molar-refractivity contribution in [3.05, 3.63) is 0 Å². The molecule has 0 spiro atoms. The number of nitrogens with zero attached hydrogens (tertiary/aromatic N) is 1. The smallest absolute Gasteiger partial charge is 0.188 e. The second kappa shape index (κ2) is 6.67. The third kappa shape index (κ3) is 5.02. The molecule has 1 saturated carbocycles. The van der Waals surface area contributed by atoms with Crippen molar-refractivity contribution in [2.24, 2.45) is 16.6 Å². The molecule has 0 heterocycles. The van der Waals surface area contributed by atoms with Crippen LogP contribution in [0.2, 0.25) is 0 Å². The minimum atomic E-state index is 0.167. The maximum Gasteiger partial charge on any atom is 0.188 e. The van der Waals surface area contributed by atoms with E-state index in [9.17, 15) is 0 Å². The molecule has 0 bridgehead atoms. The Labute approximate surface area is 92.0 Å². The lowest BCUT2D eigenvalue weighted by Crippen LogP contribution is -2.41. The van der Waals surface area contributed by atoms with E-state index in [1.165, 1.54) is 32.1 Å². The van der Waals surface area contributed by atoms with E-state index in [1.807, 2.05) is 6.92 Å². The van der Waals surface area contributed by atoms with Crippen molar-refractivity contribution in [1.82, 2.24) is 5.32 Å². The number of nitrogens with one attached hydrogen (secondary N) is 1. The monoisotopic (exact) mass is 213 g/mol. The quantitative estimate of drug-likeness (QED) is 0.479. The van der Waals surface area contributed by atoms with Crippen LogP contribution in [0.1, 0.15) is 39.0 Å². The van der Waals surface area contributed by atoms with E-state index in [4.69, 9.17) is 10.8 Å². The maximum absolute atomic E-state index is 8.84. The Balaban J connectivity index is 2.23. The van der Waals surface area contributed by atoms with Crippen molar-refractivity contribution in [2.45, 2.75) is 45.1 Å². The van der Waals surface area contributed by atoms with Crippen LogP contribution in [-0.2, 0) is 0 Å². The van der Waals surface area contributed by atoms with Gasteiger partial charge in [-0.1, -0.05) is 26.2 Å². The summed E-state index contributed by atoms with van der Waals surface area (Å²) in [6, 6.07) is 0.506. The van der Waals surface area contributed by atoms with E-state index in [2.05, 4.69) is 10.3 Å². The molecule has 15 heavy (non-hydrogen) atoms. The molecular formula is C11H23N3O. The zero-order valence-electron chi connectivity index (χ0n) is 9.58. The van der Waals surface area contributed by atoms with Gasteiger partial charge in [0.15, 0.2) is 5.96 Å². The molecule has 0 aromatic carbocycles. The fourth-order valence-electron chi connectivity index (χ4n) is 1.81. The summed E-state index contributed by atoms with van der Waals surface area (Å²) in [6.45, 7) is 2.72. The highest BCUT2D eigenvalue weighted by molar-refractivity contribution is 5.78. The van der Waals surface area contributed by atoms with Gasteiger partial charge >= 0.3 is 0 Å². The van der Waals surface area contributed by atoms with Gasteiger partial charge < -0.3 is 16.2 Å². The average molecular weight is 213 g/mol. The minimum Gasteiger partial charge on any atom is -0.396 e. The van der Waals surface area contributed by atoms with Gasteiger partial charge in [0.25, 0.3) is 0 Å². The van der Waals surface area contributed by atoms with Crippen LogP contribution in [0.3, 0.4) is 0 Å². The fraction of sp³-hybridized carbons (Fsp3) is 0.909. The Morgan fingerprint density at radius 1 is 1.47 bits per heavy atom. The highest BCUT2D eigenvalue weighted by Crippen LogP contribution is 2.16. The normalized spacial score (nSPS) is 21.3. The van der Waals surface area contributed by atoms with Crippen LogP contribution >= 0.6 is 0 Å². The Morgan fingerprint density at radius 3 is 2.73 bits per heavy atom. The van der Waals surface area contributed by atoms with Crippen LogP contribution in [0.25, 0.3) is 0 Å². The van der Waals surface area contributed by atoms with E-state index in [1.54, 1.807) is 0 Å². The van der Waals surface area contributed by atoms with Crippen LogP contribution in [-0.4, -0.2) is 30.3 Å². The van der Waals surface area contributed by atoms with Gasteiger partial charge in [-0.3, -0.25) is 4.99 Å². The molecule has 0 aromatic heterocycles. The molecule has 0 radical (unpaired) electrons.